The summed E-state index contributed by atoms with van der Waals surface area (Å²) in [5.41, 5.74) is 0.937. The summed E-state index contributed by atoms with van der Waals surface area (Å²) in [5.74, 6) is 1.26. The van der Waals surface area contributed by atoms with E-state index >= 15 is 0 Å². The Morgan fingerprint density at radius 2 is 2.24 bits per heavy atom. The summed E-state index contributed by atoms with van der Waals surface area (Å²) in [4.78, 5) is 0. The molecule has 17 heavy (non-hydrogen) atoms. The molecule has 90 valence electrons. The first-order valence-electron chi connectivity index (χ1n) is 5.52. The van der Waals surface area contributed by atoms with Gasteiger partial charge in [-0.05, 0) is 38.2 Å². The smallest absolute Gasteiger partial charge is 0.247 e. The summed E-state index contributed by atoms with van der Waals surface area (Å²) in [5, 5.41) is 11.2. The molecular weight excluding hydrogens is 282 g/mol. The molecule has 1 aromatic carbocycles. The number of halogens is 1. The quantitative estimate of drug-likeness (QED) is 0.862. The van der Waals surface area contributed by atoms with Gasteiger partial charge in [0, 0.05) is 16.5 Å². The number of aryl methyl sites for hydroxylation is 1. The van der Waals surface area contributed by atoms with E-state index in [-0.39, 0.29) is 0 Å². The molecular formula is C12H14BrN3O. The lowest BCUT2D eigenvalue weighted by Crippen LogP contribution is -2.08. The van der Waals surface area contributed by atoms with E-state index in [0.717, 1.165) is 29.4 Å². The van der Waals surface area contributed by atoms with Crippen LogP contribution in [-0.2, 0) is 6.42 Å². The maximum atomic E-state index is 5.60. The highest BCUT2D eigenvalue weighted by atomic mass is 79.9. The molecule has 0 radical (unpaired) electrons. The predicted octanol–water partition coefficient (Wildman–Crippen LogP) is 2.65. The zero-order valence-electron chi connectivity index (χ0n) is 9.61. The van der Waals surface area contributed by atoms with Gasteiger partial charge in [0.15, 0.2) is 0 Å². The monoisotopic (exact) mass is 295 g/mol. The van der Waals surface area contributed by atoms with Gasteiger partial charge in [-0.25, -0.2) is 0 Å². The van der Waals surface area contributed by atoms with Crippen LogP contribution in [0, 0.1) is 0 Å². The summed E-state index contributed by atoms with van der Waals surface area (Å²) < 4.78 is 6.60. The number of nitrogens with one attached hydrogen (secondary N) is 1. The van der Waals surface area contributed by atoms with E-state index in [0.29, 0.717) is 11.8 Å². The molecule has 1 N–H and O–H groups in total. The summed E-state index contributed by atoms with van der Waals surface area (Å²) in [7, 11) is 1.93. The van der Waals surface area contributed by atoms with Gasteiger partial charge in [0.1, 0.15) is 0 Å². The fourth-order valence-corrected chi connectivity index (χ4v) is 1.91. The lowest BCUT2D eigenvalue weighted by Gasteiger charge is -1.96. The molecule has 0 bridgehead atoms. The minimum atomic E-state index is 0.575. The molecule has 0 spiro atoms. The van der Waals surface area contributed by atoms with Crippen molar-refractivity contribution in [1.29, 1.82) is 0 Å². The van der Waals surface area contributed by atoms with Crippen LogP contribution in [0.5, 0.6) is 0 Å². The second-order valence-corrected chi connectivity index (χ2v) is 4.63. The van der Waals surface area contributed by atoms with E-state index in [4.69, 9.17) is 4.42 Å². The average Bonchev–Trinajstić information content (AvgIpc) is 2.78. The van der Waals surface area contributed by atoms with Crippen LogP contribution in [0.15, 0.2) is 33.2 Å². The van der Waals surface area contributed by atoms with Crippen molar-refractivity contribution >= 4 is 15.9 Å². The third kappa shape index (κ3) is 3.38. The second-order valence-electron chi connectivity index (χ2n) is 3.72. The van der Waals surface area contributed by atoms with Crippen LogP contribution in [0.2, 0.25) is 0 Å². The average molecular weight is 296 g/mol. The lowest BCUT2D eigenvalue weighted by molar-refractivity contribution is 0.495. The van der Waals surface area contributed by atoms with Crippen LogP contribution in [0.1, 0.15) is 12.3 Å². The van der Waals surface area contributed by atoms with Crippen molar-refractivity contribution in [3.63, 3.8) is 0 Å². The Labute approximate surface area is 109 Å². The van der Waals surface area contributed by atoms with Crippen LogP contribution in [0.4, 0.5) is 0 Å². The Hall–Kier alpha value is -1.20. The van der Waals surface area contributed by atoms with Crippen molar-refractivity contribution in [2.24, 2.45) is 0 Å². The zero-order chi connectivity index (χ0) is 12.1. The van der Waals surface area contributed by atoms with Crippen LogP contribution >= 0.6 is 15.9 Å². The van der Waals surface area contributed by atoms with Gasteiger partial charge in [-0.15, -0.1) is 10.2 Å². The molecule has 4 nitrogen and oxygen atoms in total. The molecule has 0 aliphatic heterocycles. The summed E-state index contributed by atoms with van der Waals surface area (Å²) >= 11 is 3.42. The van der Waals surface area contributed by atoms with Crippen molar-refractivity contribution in [1.82, 2.24) is 15.5 Å². The molecule has 2 rings (SSSR count). The number of rotatable bonds is 5. The summed E-state index contributed by atoms with van der Waals surface area (Å²) in [6, 6.07) is 7.83. The largest absolute Gasteiger partial charge is 0.421 e. The van der Waals surface area contributed by atoms with Crippen molar-refractivity contribution < 1.29 is 4.42 Å². The van der Waals surface area contributed by atoms with Gasteiger partial charge in [-0.2, -0.15) is 0 Å². The molecule has 1 aromatic heterocycles. The predicted molar refractivity (Wildman–Crippen MR) is 69.7 cm³/mol. The SMILES string of the molecule is CNCCCc1nnc(-c2cccc(Br)c2)o1. The number of benzene rings is 1. The van der Waals surface area contributed by atoms with Gasteiger partial charge >= 0.3 is 0 Å². The van der Waals surface area contributed by atoms with Crippen LogP contribution in [0.25, 0.3) is 11.5 Å². The molecule has 1 heterocycles. The van der Waals surface area contributed by atoms with Crippen molar-refractivity contribution in [3.8, 4) is 11.5 Å². The molecule has 0 amide bonds. The van der Waals surface area contributed by atoms with Crippen LogP contribution in [-0.4, -0.2) is 23.8 Å². The highest BCUT2D eigenvalue weighted by molar-refractivity contribution is 9.10. The zero-order valence-corrected chi connectivity index (χ0v) is 11.2. The van der Waals surface area contributed by atoms with E-state index in [1.54, 1.807) is 0 Å². The van der Waals surface area contributed by atoms with Crippen molar-refractivity contribution in [2.75, 3.05) is 13.6 Å². The molecule has 0 aliphatic carbocycles. The third-order valence-corrected chi connectivity index (χ3v) is 2.85. The minimum Gasteiger partial charge on any atom is -0.421 e. The fourth-order valence-electron chi connectivity index (χ4n) is 1.51. The van der Waals surface area contributed by atoms with Gasteiger partial charge in [0.25, 0.3) is 0 Å². The Morgan fingerprint density at radius 1 is 1.35 bits per heavy atom. The topological polar surface area (TPSA) is 51.0 Å². The van der Waals surface area contributed by atoms with E-state index in [1.807, 2.05) is 31.3 Å². The van der Waals surface area contributed by atoms with Gasteiger partial charge < -0.3 is 9.73 Å². The molecule has 5 heteroatoms. The number of nitrogens with zero attached hydrogens (tertiary/aromatic N) is 2. The van der Waals surface area contributed by atoms with Crippen LogP contribution in [0.3, 0.4) is 0 Å². The Bertz CT molecular complexity index is 484. The lowest BCUT2D eigenvalue weighted by atomic mass is 10.2. The van der Waals surface area contributed by atoms with E-state index < -0.39 is 0 Å². The summed E-state index contributed by atoms with van der Waals surface area (Å²) in [6.07, 6.45) is 1.80. The number of aromatic nitrogens is 2. The normalized spacial score (nSPS) is 10.7. The molecule has 0 saturated carbocycles. The molecule has 0 atom stereocenters. The Kier molecular flexibility index (Phi) is 4.28. The number of hydrogen-bond donors (Lipinski definition) is 1. The third-order valence-electron chi connectivity index (χ3n) is 2.36. The van der Waals surface area contributed by atoms with Gasteiger partial charge in [-0.1, -0.05) is 22.0 Å². The van der Waals surface area contributed by atoms with E-state index in [2.05, 4.69) is 31.4 Å². The Morgan fingerprint density at radius 3 is 3.00 bits per heavy atom. The Balaban J connectivity index is 2.07. The van der Waals surface area contributed by atoms with Crippen LogP contribution < -0.4 is 5.32 Å². The van der Waals surface area contributed by atoms with Crippen molar-refractivity contribution in [2.45, 2.75) is 12.8 Å². The second kappa shape index (κ2) is 5.93. The molecule has 0 saturated heterocycles. The van der Waals surface area contributed by atoms with Crippen molar-refractivity contribution in [3.05, 3.63) is 34.6 Å². The summed E-state index contributed by atoms with van der Waals surface area (Å²) in [6.45, 7) is 0.953. The number of hydrogen-bond acceptors (Lipinski definition) is 4. The highest BCUT2D eigenvalue weighted by Crippen LogP contribution is 2.21. The van der Waals surface area contributed by atoms with Gasteiger partial charge in [0.05, 0.1) is 0 Å². The molecule has 0 unspecified atom stereocenters. The van der Waals surface area contributed by atoms with E-state index in [1.165, 1.54) is 0 Å². The standard InChI is InChI=1S/C12H14BrN3O/c1-14-7-3-6-11-15-16-12(17-11)9-4-2-5-10(13)8-9/h2,4-5,8,14H,3,6-7H2,1H3. The first-order chi connectivity index (χ1) is 8.29. The first-order valence-corrected chi connectivity index (χ1v) is 6.32. The minimum absolute atomic E-state index is 0.575. The maximum Gasteiger partial charge on any atom is 0.247 e. The maximum absolute atomic E-state index is 5.60. The molecule has 2 aromatic rings. The van der Waals surface area contributed by atoms with Gasteiger partial charge in [0.2, 0.25) is 11.8 Å². The first kappa shape index (κ1) is 12.3. The molecule has 0 aliphatic rings. The highest BCUT2D eigenvalue weighted by Gasteiger charge is 2.08. The molecule has 0 fully saturated rings. The van der Waals surface area contributed by atoms with Gasteiger partial charge in [-0.3, -0.25) is 0 Å². The van der Waals surface area contributed by atoms with E-state index in [9.17, 15) is 0 Å². The fraction of sp³-hybridized carbons (Fsp3) is 0.333.